The van der Waals surface area contributed by atoms with Crippen LogP contribution in [0.15, 0.2) is 42.6 Å². The van der Waals surface area contributed by atoms with E-state index in [0.717, 1.165) is 17.0 Å². The fourth-order valence-electron chi connectivity index (χ4n) is 2.56. The van der Waals surface area contributed by atoms with E-state index < -0.39 is 0 Å². The van der Waals surface area contributed by atoms with Gasteiger partial charge in [-0.3, -0.25) is 4.98 Å². The number of rotatable bonds is 4. The lowest BCUT2D eigenvalue weighted by molar-refractivity contribution is 0.617. The fourth-order valence-corrected chi connectivity index (χ4v) is 2.56. The molecule has 0 radical (unpaired) electrons. The number of aryl methyl sites for hydroxylation is 1. The highest BCUT2D eigenvalue weighted by Crippen LogP contribution is 2.30. The van der Waals surface area contributed by atoms with Gasteiger partial charge in [-0.15, -0.1) is 0 Å². The second-order valence-electron chi connectivity index (χ2n) is 5.91. The zero-order valence-electron chi connectivity index (χ0n) is 14.5. The molecule has 0 amide bonds. The Hall–Kier alpha value is -3.02. The van der Waals surface area contributed by atoms with Crippen LogP contribution in [-0.2, 0) is 6.54 Å². The molecule has 3 aromatic rings. The van der Waals surface area contributed by atoms with Crippen molar-refractivity contribution in [3.8, 4) is 0 Å². The number of hydrogen-bond acceptors (Lipinski definition) is 5. The highest BCUT2D eigenvalue weighted by Gasteiger charge is 2.19. The number of benzene rings is 1. The van der Waals surface area contributed by atoms with Crippen LogP contribution in [0.25, 0.3) is 0 Å². The minimum atomic E-state index is -0.277. The molecule has 0 aliphatic carbocycles. The summed E-state index contributed by atoms with van der Waals surface area (Å²) in [7, 11) is 0. The molecule has 5 nitrogen and oxygen atoms in total. The minimum Gasteiger partial charge on any atom is -0.383 e. The van der Waals surface area contributed by atoms with Gasteiger partial charge in [0.1, 0.15) is 11.6 Å². The van der Waals surface area contributed by atoms with Crippen LogP contribution in [0.4, 0.5) is 21.8 Å². The van der Waals surface area contributed by atoms with Gasteiger partial charge in [0.25, 0.3) is 0 Å². The Morgan fingerprint density at radius 3 is 2.48 bits per heavy atom. The molecule has 2 N–H and O–H groups in total. The quantitative estimate of drug-likeness (QED) is 0.783. The summed E-state index contributed by atoms with van der Waals surface area (Å²) in [4.78, 5) is 15.2. The second kappa shape index (κ2) is 6.84. The van der Waals surface area contributed by atoms with Gasteiger partial charge < -0.3 is 10.6 Å². The molecule has 1 aromatic carbocycles. The summed E-state index contributed by atoms with van der Waals surface area (Å²) in [6.45, 7) is 5.91. The average molecular weight is 337 g/mol. The van der Waals surface area contributed by atoms with Crippen LogP contribution in [0.3, 0.4) is 0 Å². The first-order valence-corrected chi connectivity index (χ1v) is 8.00. The first-order valence-electron chi connectivity index (χ1n) is 8.00. The van der Waals surface area contributed by atoms with Gasteiger partial charge in [0, 0.05) is 23.0 Å². The van der Waals surface area contributed by atoms with Crippen molar-refractivity contribution in [2.24, 2.45) is 0 Å². The van der Waals surface area contributed by atoms with Crippen molar-refractivity contribution in [1.82, 2.24) is 15.0 Å². The zero-order valence-corrected chi connectivity index (χ0v) is 14.5. The van der Waals surface area contributed by atoms with Crippen LogP contribution in [0, 0.1) is 26.6 Å². The average Bonchev–Trinajstić information content (AvgIpc) is 2.61. The van der Waals surface area contributed by atoms with Crippen molar-refractivity contribution >= 4 is 17.5 Å². The van der Waals surface area contributed by atoms with Crippen LogP contribution in [0.2, 0.25) is 0 Å². The molecule has 0 aliphatic heterocycles. The topological polar surface area (TPSA) is 67.9 Å². The standard InChI is InChI=1S/C19H20FN5/c1-12-14(3)23-19(24-18(12)21)25(11-15-7-4-5-10-22-15)17-9-6-8-16(20)13(17)2/h4-10H,11H2,1-3H3,(H2,21,23,24). The molecular formula is C19H20FN5. The molecule has 0 unspecified atom stereocenters. The highest BCUT2D eigenvalue weighted by atomic mass is 19.1. The summed E-state index contributed by atoms with van der Waals surface area (Å²) in [5.41, 5.74) is 9.71. The van der Waals surface area contributed by atoms with Gasteiger partial charge in [0.2, 0.25) is 5.95 Å². The molecule has 0 atom stereocenters. The van der Waals surface area contributed by atoms with E-state index >= 15 is 0 Å². The summed E-state index contributed by atoms with van der Waals surface area (Å²) in [6, 6.07) is 10.6. The van der Waals surface area contributed by atoms with Gasteiger partial charge in [0.15, 0.2) is 0 Å². The lowest BCUT2D eigenvalue weighted by atomic mass is 10.1. The maximum Gasteiger partial charge on any atom is 0.232 e. The molecule has 0 saturated carbocycles. The number of hydrogen-bond donors (Lipinski definition) is 1. The minimum absolute atomic E-state index is 0.277. The number of nitrogen functional groups attached to an aromatic ring is 1. The zero-order chi connectivity index (χ0) is 18.0. The van der Waals surface area contributed by atoms with Crippen molar-refractivity contribution in [3.63, 3.8) is 0 Å². The lowest BCUT2D eigenvalue weighted by Gasteiger charge is -2.25. The van der Waals surface area contributed by atoms with E-state index in [9.17, 15) is 4.39 Å². The number of nitrogens with two attached hydrogens (primary N) is 1. The van der Waals surface area contributed by atoms with Gasteiger partial charge in [-0.25, -0.2) is 9.37 Å². The molecule has 0 bridgehead atoms. The molecule has 3 rings (SSSR count). The predicted molar refractivity (Wildman–Crippen MR) is 97.1 cm³/mol. The van der Waals surface area contributed by atoms with E-state index in [1.807, 2.05) is 43.0 Å². The molecule has 0 fully saturated rings. The molecule has 25 heavy (non-hydrogen) atoms. The smallest absolute Gasteiger partial charge is 0.232 e. The summed E-state index contributed by atoms with van der Waals surface area (Å²) >= 11 is 0. The van der Waals surface area contributed by atoms with Crippen LogP contribution in [0.5, 0.6) is 0 Å². The second-order valence-corrected chi connectivity index (χ2v) is 5.91. The SMILES string of the molecule is Cc1nc(N(Cc2ccccn2)c2cccc(F)c2C)nc(N)c1C. The molecule has 128 valence electrons. The molecule has 0 aliphatic rings. The highest BCUT2D eigenvalue weighted by molar-refractivity contribution is 5.63. The van der Waals surface area contributed by atoms with E-state index in [0.29, 0.717) is 29.6 Å². The Morgan fingerprint density at radius 1 is 1.00 bits per heavy atom. The van der Waals surface area contributed by atoms with Crippen molar-refractivity contribution in [1.29, 1.82) is 0 Å². The van der Waals surface area contributed by atoms with Crippen LogP contribution in [0.1, 0.15) is 22.5 Å². The molecule has 6 heteroatoms. The Labute approximate surface area is 146 Å². The van der Waals surface area contributed by atoms with Gasteiger partial charge in [-0.1, -0.05) is 12.1 Å². The Morgan fingerprint density at radius 2 is 1.80 bits per heavy atom. The normalized spacial score (nSPS) is 10.7. The van der Waals surface area contributed by atoms with E-state index in [1.54, 1.807) is 19.2 Å². The van der Waals surface area contributed by atoms with Gasteiger partial charge in [-0.05, 0) is 45.0 Å². The first-order chi connectivity index (χ1) is 12.0. The fraction of sp³-hybridized carbons (Fsp3) is 0.211. The summed E-state index contributed by atoms with van der Waals surface area (Å²) in [5, 5.41) is 0. The molecule has 2 aromatic heterocycles. The van der Waals surface area contributed by atoms with Crippen LogP contribution in [-0.4, -0.2) is 15.0 Å². The van der Waals surface area contributed by atoms with E-state index in [-0.39, 0.29) is 5.82 Å². The maximum atomic E-state index is 14.1. The lowest BCUT2D eigenvalue weighted by Crippen LogP contribution is -2.22. The first kappa shape index (κ1) is 16.8. The number of pyridine rings is 1. The van der Waals surface area contributed by atoms with Gasteiger partial charge in [0.05, 0.1) is 17.9 Å². The summed E-state index contributed by atoms with van der Waals surface area (Å²) < 4.78 is 14.1. The van der Waals surface area contributed by atoms with E-state index in [2.05, 4.69) is 15.0 Å². The molecule has 0 saturated heterocycles. The third kappa shape index (κ3) is 3.42. The summed E-state index contributed by atoms with van der Waals surface area (Å²) in [5.74, 6) is 0.572. The molecule has 0 spiro atoms. The molecule has 2 heterocycles. The Balaban J connectivity index is 2.13. The van der Waals surface area contributed by atoms with Crippen molar-refractivity contribution in [3.05, 3.63) is 70.9 Å². The maximum absolute atomic E-state index is 14.1. The Kier molecular flexibility index (Phi) is 4.61. The van der Waals surface area contributed by atoms with E-state index in [4.69, 9.17) is 5.73 Å². The van der Waals surface area contributed by atoms with Crippen molar-refractivity contribution < 1.29 is 4.39 Å². The monoisotopic (exact) mass is 337 g/mol. The number of nitrogens with zero attached hydrogens (tertiary/aromatic N) is 4. The third-order valence-electron chi connectivity index (χ3n) is 4.23. The predicted octanol–water partition coefficient (Wildman–Crippen LogP) is 3.86. The number of halogens is 1. The van der Waals surface area contributed by atoms with E-state index in [1.165, 1.54) is 6.07 Å². The van der Waals surface area contributed by atoms with Gasteiger partial charge in [-0.2, -0.15) is 4.98 Å². The number of anilines is 3. The van der Waals surface area contributed by atoms with Crippen molar-refractivity contribution in [2.45, 2.75) is 27.3 Å². The van der Waals surface area contributed by atoms with Gasteiger partial charge >= 0.3 is 0 Å². The molecular weight excluding hydrogens is 317 g/mol. The largest absolute Gasteiger partial charge is 0.383 e. The Bertz CT molecular complexity index is 873. The van der Waals surface area contributed by atoms with Crippen LogP contribution < -0.4 is 10.6 Å². The third-order valence-corrected chi connectivity index (χ3v) is 4.23. The van der Waals surface area contributed by atoms with Crippen LogP contribution >= 0.6 is 0 Å². The number of aromatic nitrogens is 3. The van der Waals surface area contributed by atoms with Crippen molar-refractivity contribution in [2.75, 3.05) is 10.6 Å². The summed E-state index contributed by atoms with van der Waals surface area (Å²) in [6.07, 6.45) is 1.72.